The number of aromatic nitrogens is 2. The second-order valence-corrected chi connectivity index (χ2v) is 8.85. The second-order valence-electron chi connectivity index (χ2n) is 7.07. The van der Waals surface area contributed by atoms with E-state index in [1.165, 1.54) is 29.8 Å². The normalized spacial score (nSPS) is 14.9. The molecule has 4 rings (SSSR count). The van der Waals surface area contributed by atoms with Crippen LogP contribution >= 0.6 is 22.7 Å². The summed E-state index contributed by atoms with van der Waals surface area (Å²) in [7, 11) is 1.39. The van der Waals surface area contributed by atoms with Crippen LogP contribution in [0.25, 0.3) is 10.2 Å². The van der Waals surface area contributed by atoms with E-state index in [1.807, 2.05) is 30.7 Å². The number of esters is 1. The zero-order valence-electron chi connectivity index (χ0n) is 16.5. The van der Waals surface area contributed by atoms with Crippen LogP contribution in [0.3, 0.4) is 0 Å². The molecule has 0 unspecified atom stereocenters. The molecule has 4 heterocycles. The summed E-state index contributed by atoms with van der Waals surface area (Å²) in [5.74, 6) is 1.18. The van der Waals surface area contributed by atoms with E-state index in [2.05, 4.69) is 15.2 Å². The number of carbonyl (C=O) groups is 2. The minimum absolute atomic E-state index is 0.0126. The second kappa shape index (κ2) is 8.08. The number of aryl methyl sites for hydroxylation is 2. The van der Waals surface area contributed by atoms with Crippen molar-refractivity contribution in [3.05, 3.63) is 38.7 Å². The number of hydrogen-bond acceptors (Lipinski definition) is 8. The van der Waals surface area contributed by atoms with Gasteiger partial charge in [0, 0.05) is 30.1 Å². The Kier molecular flexibility index (Phi) is 5.51. The van der Waals surface area contributed by atoms with Crippen molar-refractivity contribution in [2.75, 3.05) is 25.1 Å². The number of carbonyl (C=O) groups excluding carboxylic acids is 2. The van der Waals surface area contributed by atoms with Crippen molar-refractivity contribution in [3.8, 4) is 0 Å². The number of ether oxygens (including phenoxy) is 1. The zero-order chi connectivity index (χ0) is 20.5. The van der Waals surface area contributed by atoms with Gasteiger partial charge in [0.05, 0.1) is 12.5 Å². The van der Waals surface area contributed by atoms with Crippen LogP contribution < -0.4 is 10.2 Å². The van der Waals surface area contributed by atoms with Crippen molar-refractivity contribution in [2.24, 2.45) is 0 Å². The molecule has 1 N–H and O–H groups in total. The topological polar surface area (TPSA) is 84.4 Å². The van der Waals surface area contributed by atoms with Gasteiger partial charge in [-0.15, -0.1) is 11.3 Å². The van der Waals surface area contributed by atoms with Crippen molar-refractivity contribution in [1.82, 2.24) is 15.3 Å². The molecule has 0 radical (unpaired) electrons. The lowest BCUT2D eigenvalue weighted by atomic mass is 10.0. The molecule has 0 bridgehead atoms. The molecular weight excluding hydrogens is 408 g/mol. The van der Waals surface area contributed by atoms with Crippen molar-refractivity contribution >= 4 is 50.6 Å². The van der Waals surface area contributed by atoms with Crippen LogP contribution in [0, 0.1) is 13.8 Å². The number of rotatable bonds is 4. The number of piperidine rings is 1. The highest BCUT2D eigenvalue weighted by atomic mass is 32.1. The van der Waals surface area contributed by atoms with E-state index < -0.39 is 0 Å². The number of nitrogens with zero attached hydrogens (tertiary/aromatic N) is 3. The Morgan fingerprint density at radius 2 is 2.00 bits per heavy atom. The first-order valence-electron chi connectivity index (χ1n) is 9.42. The fourth-order valence-corrected chi connectivity index (χ4v) is 5.41. The van der Waals surface area contributed by atoms with Gasteiger partial charge in [-0.25, -0.2) is 14.8 Å². The molecule has 0 saturated carbocycles. The summed E-state index contributed by atoms with van der Waals surface area (Å²) in [4.78, 5) is 37.2. The van der Waals surface area contributed by atoms with Gasteiger partial charge in [0.15, 0.2) is 0 Å². The number of hydrogen-bond donors (Lipinski definition) is 1. The van der Waals surface area contributed by atoms with Gasteiger partial charge in [0.2, 0.25) is 0 Å². The third-order valence-corrected chi connectivity index (χ3v) is 7.02. The van der Waals surface area contributed by atoms with E-state index in [0.717, 1.165) is 53.1 Å². The van der Waals surface area contributed by atoms with Crippen LogP contribution in [-0.4, -0.2) is 48.1 Å². The summed E-state index contributed by atoms with van der Waals surface area (Å²) >= 11 is 2.87. The number of nitrogens with one attached hydrogen (secondary N) is 1. The van der Waals surface area contributed by atoms with Crippen LogP contribution in [0.4, 0.5) is 5.82 Å². The third kappa shape index (κ3) is 3.84. The molecule has 0 spiro atoms. The van der Waals surface area contributed by atoms with E-state index in [-0.39, 0.29) is 17.9 Å². The number of amides is 1. The molecule has 0 aliphatic carbocycles. The van der Waals surface area contributed by atoms with Crippen LogP contribution in [0.15, 0.2) is 16.8 Å². The number of thiophene rings is 2. The van der Waals surface area contributed by atoms with E-state index in [0.29, 0.717) is 10.7 Å². The molecule has 7 nitrogen and oxygen atoms in total. The predicted molar refractivity (Wildman–Crippen MR) is 115 cm³/mol. The first-order chi connectivity index (χ1) is 14.0. The van der Waals surface area contributed by atoms with Gasteiger partial charge >= 0.3 is 5.97 Å². The molecule has 29 heavy (non-hydrogen) atoms. The molecule has 0 atom stereocenters. The summed E-state index contributed by atoms with van der Waals surface area (Å²) in [6.45, 7) is 5.34. The van der Waals surface area contributed by atoms with Gasteiger partial charge in [0.1, 0.15) is 21.3 Å². The Morgan fingerprint density at radius 3 is 2.66 bits per heavy atom. The largest absolute Gasteiger partial charge is 0.465 e. The summed E-state index contributed by atoms with van der Waals surface area (Å²) in [6.07, 6.45) is 1.68. The third-order valence-electron chi connectivity index (χ3n) is 5.17. The lowest BCUT2D eigenvalue weighted by Crippen LogP contribution is -2.45. The van der Waals surface area contributed by atoms with Gasteiger partial charge < -0.3 is 15.0 Å². The van der Waals surface area contributed by atoms with Crippen molar-refractivity contribution < 1.29 is 14.3 Å². The first-order valence-corrected chi connectivity index (χ1v) is 11.2. The molecule has 3 aromatic rings. The van der Waals surface area contributed by atoms with E-state index >= 15 is 0 Å². The van der Waals surface area contributed by atoms with Gasteiger partial charge in [-0.1, -0.05) is 0 Å². The average molecular weight is 431 g/mol. The van der Waals surface area contributed by atoms with Crippen molar-refractivity contribution in [3.63, 3.8) is 0 Å². The summed E-state index contributed by atoms with van der Waals surface area (Å²) < 4.78 is 4.91. The number of methoxy groups -OCH3 is 1. The molecule has 0 aromatic carbocycles. The maximum atomic E-state index is 12.3. The quantitative estimate of drug-likeness (QED) is 0.637. The van der Waals surface area contributed by atoms with Crippen molar-refractivity contribution in [1.29, 1.82) is 0 Å². The predicted octanol–water partition coefficient (Wildman–Crippen LogP) is 3.56. The standard InChI is InChI=1S/C20H22N4O3S2/c1-11-15-17(21-12(2)22-19(15)29-16(11)20(26)27-3)24-7-4-14(5-8-24)23-18(25)13-6-9-28-10-13/h6,9-10,14H,4-5,7-8H2,1-3H3,(H,23,25). The monoisotopic (exact) mass is 430 g/mol. The van der Waals surface area contributed by atoms with Crippen LogP contribution in [-0.2, 0) is 4.74 Å². The van der Waals surface area contributed by atoms with Crippen LogP contribution in [0.1, 0.15) is 44.3 Å². The Labute approximate surface area is 176 Å². The first kappa shape index (κ1) is 19.8. The maximum absolute atomic E-state index is 12.3. The Balaban J connectivity index is 1.54. The van der Waals surface area contributed by atoms with Gasteiger partial charge in [-0.3, -0.25) is 4.79 Å². The molecule has 3 aromatic heterocycles. The Hall–Kier alpha value is -2.52. The van der Waals surface area contributed by atoms with Crippen LogP contribution in [0.2, 0.25) is 0 Å². The highest BCUT2D eigenvalue weighted by molar-refractivity contribution is 7.20. The summed E-state index contributed by atoms with van der Waals surface area (Å²) in [5.41, 5.74) is 1.58. The molecule has 1 fully saturated rings. The summed E-state index contributed by atoms with van der Waals surface area (Å²) in [6, 6.07) is 1.99. The minimum atomic E-state index is -0.344. The molecule has 1 aliphatic heterocycles. The van der Waals surface area contributed by atoms with Gasteiger partial charge in [-0.05, 0) is 43.7 Å². The lowest BCUT2D eigenvalue weighted by Gasteiger charge is -2.33. The molecule has 1 aliphatic rings. The van der Waals surface area contributed by atoms with Crippen molar-refractivity contribution in [2.45, 2.75) is 32.7 Å². The molecular formula is C20H22N4O3S2. The lowest BCUT2D eigenvalue weighted by molar-refractivity contribution is 0.0605. The molecule has 9 heteroatoms. The van der Waals surface area contributed by atoms with Gasteiger partial charge in [0.25, 0.3) is 5.91 Å². The fraction of sp³-hybridized carbons (Fsp3) is 0.400. The van der Waals surface area contributed by atoms with E-state index in [4.69, 9.17) is 9.72 Å². The Bertz CT molecular complexity index is 1050. The number of anilines is 1. The zero-order valence-corrected chi connectivity index (χ0v) is 18.2. The average Bonchev–Trinajstić information content (AvgIpc) is 3.36. The van der Waals surface area contributed by atoms with E-state index in [9.17, 15) is 9.59 Å². The SMILES string of the molecule is COC(=O)c1sc2nc(C)nc(N3CCC(NC(=O)c4ccsc4)CC3)c2c1C. The number of fused-ring (bicyclic) bond motifs is 1. The maximum Gasteiger partial charge on any atom is 0.348 e. The molecule has 1 saturated heterocycles. The minimum Gasteiger partial charge on any atom is -0.465 e. The summed E-state index contributed by atoms with van der Waals surface area (Å²) in [5, 5.41) is 7.82. The highest BCUT2D eigenvalue weighted by Crippen LogP contribution is 2.36. The molecule has 152 valence electrons. The Morgan fingerprint density at radius 1 is 1.24 bits per heavy atom. The van der Waals surface area contributed by atoms with E-state index in [1.54, 1.807) is 0 Å². The fourth-order valence-electron chi connectivity index (χ4n) is 3.64. The van der Waals surface area contributed by atoms with Gasteiger partial charge in [-0.2, -0.15) is 11.3 Å². The van der Waals surface area contributed by atoms with Crippen LogP contribution in [0.5, 0.6) is 0 Å². The smallest absolute Gasteiger partial charge is 0.348 e. The molecule has 1 amide bonds. The highest BCUT2D eigenvalue weighted by Gasteiger charge is 2.27.